The Balaban J connectivity index is 1.45. The van der Waals surface area contributed by atoms with Crippen molar-refractivity contribution in [1.82, 2.24) is 10.2 Å². The van der Waals surface area contributed by atoms with Gasteiger partial charge in [-0.1, -0.05) is 57.7 Å². The molecule has 0 aliphatic carbocycles. The average Bonchev–Trinajstić information content (AvgIpc) is 3.01. The van der Waals surface area contributed by atoms with Crippen LogP contribution in [0.15, 0.2) is 54.7 Å². The van der Waals surface area contributed by atoms with Crippen LogP contribution >= 0.6 is 0 Å². The van der Waals surface area contributed by atoms with Crippen LogP contribution < -0.4 is 5.32 Å². The predicted molar refractivity (Wildman–Crippen MR) is 125 cm³/mol. The zero-order valence-electron chi connectivity index (χ0n) is 19.2. The summed E-state index contributed by atoms with van der Waals surface area (Å²) in [4.78, 5) is 51.9. The third-order valence-corrected chi connectivity index (χ3v) is 6.33. The number of piperidine rings is 1. The summed E-state index contributed by atoms with van der Waals surface area (Å²) in [5, 5.41) is 2.63. The van der Waals surface area contributed by atoms with E-state index in [1.54, 1.807) is 18.2 Å². The molecule has 1 fully saturated rings. The lowest BCUT2D eigenvalue weighted by atomic mass is 9.86. The first-order chi connectivity index (χ1) is 15.6. The third-order valence-electron chi connectivity index (χ3n) is 6.33. The number of allylic oxidation sites excluding steroid dienone is 1. The number of carbonyl (C=O) groups excluding carboxylic acids is 4. The number of ketones is 1. The Morgan fingerprint density at radius 2 is 1.70 bits per heavy atom. The van der Waals surface area contributed by atoms with Crippen molar-refractivity contribution in [3.63, 3.8) is 0 Å². The van der Waals surface area contributed by atoms with Crippen LogP contribution in [-0.4, -0.2) is 34.4 Å². The zero-order valence-corrected chi connectivity index (χ0v) is 19.2. The number of rotatable bonds is 5. The Morgan fingerprint density at radius 1 is 1.03 bits per heavy atom. The molecule has 3 amide bonds. The highest BCUT2D eigenvalue weighted by molar-refractivity contribution is 6.23. The van der Waals surface area contributed by atoms with Gasteiger partial charge in [-0.2, -0.15) is 0 Å². The van der Waals surface area contributed by atoms with E-state index in [2.05, 4.69) is 32.7 Å². The molecule has 2 aliphatic heterocycles. The first-order valence-electron chi connectivity index (χ1n) is 11.2. The Hall–Kier alpha value is -3.54. The van der Waals surface area contributed by atoms with Crippen LogP contribution in [0.4, 0.5) is 0 Å². The molecule has 0 aromatic heterocycles. The van der Waals surface area contributed by atoms with Crippen LogP contribution in [0.1, 0.15) is 82.2 Å². The maximum absolute atomic E-state index is 13.0. The predicted octanol–water partition coefficient (Wildman–Crippen LogP) is 4.19. The molecule has 1 saturated heterocycles. The van der Waals surface area contributed by atoms with Gasteiger partial charge in [0, 0.05) is 17.7 Å². The molecule has 170 valence electrons. The van der Waals surface area contributed by atoms with Crippen molar-refractivity contribution < 1.29 is 19.2 Å². The number of aryl methyl sites for hydroxylation is 1. The number of hydrogen-bond acceptors (Lipinski definition) is 4. The Labute approximate surface area is 193 Å². The maximum Gasteiger partial charge on any atom is 0.262 e. The molecule has 0 radical (unpaired) electrons. The lowest BCUT2D eigenvalue weighted by Gasteiger charge is -2.29. The summed E-state index contributed by atoms with van der Waals surface area (Å²) in [6.45, 7) is 10.1. The minimum Gasteiger partial charge on any atom is -0.329 e. The van der Waals surface area contributed by atoms with E-state index in [1.807, 2.05) is 24.3 Å². The number of Topliss-reactive ketones (excluding diaryl/α,β-unsaturated/α-hetero) is 1. The quantitative estimate of drug-likeness (QED) is 0.554. The maximum atomic E-state index is 13.0. The first-order valence-corrected chi connectivity index (χ1v) is 11.2. The second kappa shape index (κ2) is 8.43. The molecule has 6 nitrogen and oxygen atoms in total. The largest absolute Gasteiger partial charge is 0.329 e. The molecule has 0 spiro atoms. The molecule has 1 N–H and O–H groups in total. The second-order valence-electron chi connectivity index (χ2n) is 9.76. The fourth-order valence-electron chi connectivity index (χ4n) is 4.31. The Kier molecular flexibility index (Phi) is 5.78. The monoisotopic (exact) mass is 444 g/mol. The number of imide groups is 1. The van der Waals surface area contributed by atoms with E-state index in [-0.39, 0.29) is 22.7 Å². The average molecular weight is 445 g/mol. The fourth-order valence-corrected chi connectivity index (χ4v) is 4.31. The van der Waals surface area contributed by atoms with Crippen molar-refractivity contribution in [3.05, 3.63) is 82.6 Å². The van der Waals surface area contributed by atoms with Gasteiger partial charge in [0.25, 0.3) is 11.8 Å². The summed E-state index contributed by atoms with van der Waals surface area (Å²) in [5.41, 5.74) is 3.83. The summed E-state index contributed by atoms with van der Waals surface area (Å²) in [6.07, 6.45) is 1.64. The molecule has 33 heavy (non-hydrogen) atoms. The van der Waals surface area contributed by atoms with Crippen molar-refractivity contribution in [3.8, 4) is 0 Å². The van der Waals surface area contributed by atoms with E-state index in [1.165, 1.54) is 5.56 Å². The molecule has 2 aromatic rings. The summed E-state index contributed by atoms with van der Waals surface area (Å²) in [7, 11) is 0. The standard InChI is InChI=1S/C27H28N2O4/c1-16-5-13-22(24(31)28-16)29-25(32)20-12-6-17(15-21(20)26(29)33)7-14-23(30)18-8-10-19(11-9-18)27(2,3)4/h6,8-12,15,22H,1,5,7,13-14H2,2-4H3,(H,28,31). The number of benzene rings is 2. The van der Waals surface area contributed by atoms with Gasteiger partial charge in [-0.3, -0.25) is 24.1 Å². The van der Waals surface area contributed by atoms with Gasteiger partial charge in [-0.15, -0.1) is 0 Å². The normalized spacial score (nSPS) is 18.4. The Bertz CT molecular complexity index is 1170. The highest BCUT2D eigenvalue weighted by Gasteiger charge is 2.43. The van der Waals surface area contributed by atoms with Crippen molar-refractivity contribution in [2.75, 3.05) is 0 Å². The number of nitrogens with one attached hydrogen (secondary N) is 1. The van der Waals surface area contributed by atoms with Crippen LogP contribution in [0.3, 0.4) is 0 Å². The van der Waals surface area contributed by atoms with Crippen LogP contribution in [0.5, 0.6) is 0 Å². The number of carbonyl (C=O) groups is 4. The van der Waals surface area contributed by atoms with E-state index in [9.17, 15) is 19.2 Å². The molecule has 2 aromatic carbocycles. The van der Waals surface area contributed by atoms with Gasteiger partial charge in [0.15, 0.2) is 5.78 Å². The summed E-state index contributed by atoms with van der Waals surface area (Å²) in [5.74, 6) is -1.28. The number of amides is 3. The van der Waals surface area contributed by atoms with Crippen LogP contribution in [0, 0.1) is 0 Å². The van der Waals surface area contributed by atoms with E-state index in [0.29, 0.717) is 42.5 Å². The smallest absolute Gasteiger partial charge is 0.262 e. The topological polar surface area (TPSA) is 83.6 Å². The van der Waals surface area contributed by atoms with Crippen molar-refractivity contribution in [1.29, 1.82) is 0 Å². The lowest BCUT2D eigenvalue weighted by molar-refractivity contribution is -0.125. The van der Waals surface area contributed by atoms with Crippen LogP contribution in [-0.2, 0) is 16.6 Å². The molecule has 2 heterocycles. The fraction of sp³-hybridized carbons (Fsp3) is 0.333. The van der Waals surface area contributed by atoms with Gasteiger partial charge in [0.2, 0.25) is 5.91 Å². The van der Waals surface area contributed by atoms with Gasteiger partial charge in [-0.05, 0) is 47.9 Å². The van der Waals surface area contributed by atoms with E-state index < -0.39 is 17.9 Å². The second-order valence-corrected chi connectivity index (χ2v) is 9.76. The lowest BCUT2D eigenvalue weighted by Crippen LogP contribution is -2.51. The van der Waals surface area contributed by atoms with E-state index in [0.717, 1.165) is 10.5 Å². The molecule has 1 unspecified atom stereocenters. The SMILES string of the molecule is C=C1CCC(N2C(=O)c3ccc(CCC(=O)c4ccc(C(C)(C)C)cc4)cc3C2=O)C(=O)N1. The van der Waals surface area contributed by atoms with E-state index in [4.69, 9.17) is 0 Å². The molecule has 0 bridgehead atoms. The highest BCUT2D eigenvalue weighted by atomic mass is 16.2. The van der Waals surface area contributed by atoms with E-state index >= 15 is 0 Å². The minimum atomic E-state index is -0.830. The summed E-state index contributed by atoms with van der Waals surface area (Å²) < 4.78 is 0. The van der Waals surface area contributed by atoms with Crippen LogP contribution in [0.2, 0.25) is 0 Å². The zero-order chi connectivity index (χ0) is 23.9. The highest BCUT2D eigenvalue weighted by Crippen LogP contribution is 2.29. The van der Waals surface area contributed by atoms with Crippen LogP contribution in [0.25, 0.3) is 0 Å². The minimum absolute atomic E-state index is 0.0239. The Morgan fingerprint density at radius 3 is 2.33 bits per heavy atom. The van der Waals surface area contributed by atoms with Gasteiger partial charge in [-0.25, -0.2) is 0 Å². The molecular weight excluding hydrogens is 416 g/mol. The van der Waals surface area contributed by atoms with Gasteiger partial charge in [0.05, 0.1) is 11.1 Å². The van der Waals surface area contributed by atoms with Gasteiger partial charge < -0.3 is 5.32 Å². The van der Waals surface area contributed by atoms with Crippen molar-refractivity contribution in [2.45, 2.75) is 57.9 Å². The first kappa shape index (κ1) is 22.6. The number of fused-ring (bicyclic) bond motifs is 1. The molecular formula is C27H28N2O4. The van der Waals surface area contributed by atoms with Crippen molar-refractivity contribution in [2.24, 2.45) is 0 Å². The molecule has 1 atom stereocenters. The molecule has 4 rings (SSSR count). The third kappa shape index (κ3) is 4.38. The molecule has 6 heteroatoms. The van der Waals surface area contributed by atoms with Gasteiger partial charge in [0.1, 0.15) is 6.04 Å². The van der Waals surface area contributed by atoms with Crippen molar-refractivity contribution >= 4 is 23.5 Å². The summed E-state index contributed by atoms with van der Waals surface area (Å²) >= 11 is 0. The summed E-state index contributed by atoms with van der Waals surface area (Å²) in [6, 6.07) is 11.9. The number of hydrogen-bond donors (Lipinski definition) is 1. The number of nitrogens with zero attached hydrogens (tertiary/aromatic N) is 1. The molecule has 0 saturated carbocycles. The van der Waals surface area contributed by atoms with Gasteiger partial charge >= 0.3 is 0 Å². The molecule has 2 aliphatic rings.